The predicted molar refractivity (Wildman–Crippen MR) is 109 cm³/mol. The lowest BCUT2D eigenvalue weighted by Gasteiger charge is -2.29. The first-order chi connectivity index (χ1) is 12.0. The molecule has 0 radical (unpaired) electrons. The summed E-state index contributed by atoms with van der Waals surface area (Å²) in [6.07, 6.45) is 5.02. The Hall–Kier alpha value is -1.85. The summed E-state index contributed by atoms with van der Waals surface area (Å²) in [5, 5.41) is 1.86. The summed E-state index contributed by atoms with van der Waals surface area (Å²) < 4.78 is 14.1. The zero-order valence-electron chi connectivity index (χ0n) is 15.2. The third-order valence-electron chi connectivity index (χ3n) is 5.27. The first kappa shape index (κ1) is 18.0. The molecule has 0 N–H and O–H groups in total. The monoisotopic (exact) mass is 350 g/mol. The van der Waals surface area contributed by atoms with Crippen molar-refractivity contribution in [3.63, 3.8) is 0 Å². The molecule has 2 aromatic carbocycles. The molecule has 0 saturated heterocycles. The van der Waals surface area contributed by atoms with Gasteiger partial charge in [0.2, 0.25) is 0 Å². The van der Waals surface area contributed by atoms with Gasteiger partial charge >= 0.3 is 0 Å². The van der Waals surface area contributed by atoms with Crippen LogP contribution in [0.1, 0.15) is 26.7 Å². The summed E-state index contributed by atoms with van der Waals surface area (Å²) in [6.45, 7) is 8.85. The van der Waals surface area contributed by atoms with Crippen molar-refractivity contribution in [1.82, 2.24) is 0 Å². The second kappa shape index (κ2) is 7.58. The maximum Gasteiger partial charge on any atom is 0.146 e. The highest BCUT2D eigenvalue weighted by atomic mass is 31.2. The smallest absolute Gasteiger partial charge is 0.146 e. The molecule has 0 bridgehead atoms. The maximum absolute atomic E-state index is 14.1. The normalized spacial score (nSPS) is 23.0. The fourth-order valence-electron chi connectivity index (χ4n) is 3.80. The second-order valence-electron chi connectivity index (χ2n) is 7.29. The zero-order valence-corrected chi connectivity index (χ0v) is 16.1. The Kier molecular flexibility index (Phi) is 5.45. The van der Waals surface area contributed by atoms with Gasteiger partial charge in [-0.25, -0.2) is 0 Å². The number of allylic oxidation sites excluding steroid dienone is 3. The van der Waals surface area contributed by atoms with Gasteiger partial charge in [-0.1, -0.05) is 87.2 Å². The van der Waals surface area contributed by atoms with Crippen molar-refractivity contribution >= 4 is 17.8 Å². The summed E-state index contributed by atoms with van der Waals surface area (Å²) in [5.41, 5.74) is 2.53. The molecule has 1 nitrogen and oxygen atoms in total. The molecular formula is C23H27OP. The summed E-state index contributed by atoms with van der Waals surface area (Å²) in [6, 6.07) is 19.8. The molecule has 130 valence electrons. The minimum atomic E-state index is -2.67. The SMILES string of the molecule is C=C1/C(=C/CP(=O)(c2ccccc2)c2ccccc2)CC(C)CC1C. The van der Waals surface area contributed by atoms with Crippen molar-refractivity contribution in [2.75, 3.05) is 6.16 Å². The summed E-state index contributed by atoms with van der Waals surface area (Å²) in [5.74, 6) is 1.18. The van der Waals surface area contributed by atoms with Gasteiger partial charge in [-0.15, -0.1) is 0 Å². The Morgan fingerprint density at radius 1 is 1.00 bits per heavy atom. The second-order valence-corrected chi connectivity index (χ2v) is 10.2. The molecule has 25 heavy (non-hydrogen) atoms. The molecular weight excluding hydrogens is 323 g/mol. The average molecular weight is 350 g/mol. The number of benzene rings is 2. The van der Waals surface area contributed by atoms with Crippen LogP contribution < -0.4 is 10.6 Å². The Bertz CT molecular complexity index is 761. The molecule has 2 aromatic rings. The van der Waals surface area contributed by atoms with E-state index in [-0.39, 0.29) is 0 Å². The first-order valence-corrected chi connectivity index (χ1v) is 11.0. The van der Waals surface area contributed by atoms with Crippen LogP contribution in [-0.4, -0.2) is 6.16 Å². The molecule has 2 atom stereocenters. The molecule has 0 spiro atoms. The lowest BCUT2D eigenvalue weighted by molar-refractivity contribution is 0.417. The first-order valence-electron chi connectivity index (χ1n) is 9.09. The average Bonchev–Trinajstić information content (AvgIpc) is 2.64. The van der Waals surface area contributed by atoms with Crippen molar-refractivity contribution in [2.45, 2.75) is 26.7 Å². The van der Waals surface area contributed by atoms with Gasteiger partial charge in [-0.3, -0.25) is 0 Å². The quantitative estimate of drug-likeness (QED) is 0.661. The van der Waals surface area contributed by atoms with Crippen LogP contribution in [0.2, 0.25) is 0 Å². The van der Waals surface area contributed by atoms with E-state index in [0.29, 0.717) is 18.0 Å². The van der Waals surface area contributed by atoms with E-state index in [1.165, 1.54) is 17.6 Å². The largest absolute Gasteiger partial charge is 0.313 e. The Labute approximate surface area is 151 Å². The fraction of sp³-hybridized carbons (Fsp3) is 0.304. The fourth-order valence-corrected chi connectivity index (χ4v) is 6.31. The van der Waals surface area contributed by atoms with Gasteiger partial charge in [0.25, 0.3) is 0 Å². The lowest BCUT2D eigenvalue weighted by atomic mass is 9.77. The molecule has 1 aliphatic carbocycles. The molecule has 0 aromatic heterocycles. The Morgan fingerprint density at radius 2 is 1.52 bits per heavy atom. The summed E-state index contributed by atoms with van der Waals surface area (Å²) >= 11 is 0. The third-order valence-corrected chi connectivity index (χ3v) is 8.23. The van der Waals surface area contributed by atoms with E-state index in [4.69, 9.17) is 0 Å². The van der Waals surface area contributed by atoms with Crippen molar-refractivity contribution < 1.29 is 4.57 Å². The number of hydrogen-bond acceptors (Lipinski definition) is 1. The van der Waals surface area contributed by atoms with E-state index < -0.39 is 7.14 Å². The molecule has 2 unspecified atom stereocenters. The minimum Gasteiger partial charge on any atom is -0.313 e. The summed E-state index contributed by atoms with van der Waals surface area (Å²) in [7, 11) is -2.67. The van der Waals surface area contributed by atoms with Gasteiger partial charge in [0, 0.05) is 16.8 Å². The molecule has 0 heterocycles. The van der Waals surface area contributed by atoms with Crippen LogP contribution in [0.25, 0.3) is 0 Å². The Morgan fingerprint density at radius 3 is 2.04 bits per heavy atom. The van der Waals surface area contributed by atoms with Crippen LogP contribution in [0.3, 0.4) is 0 Å². The molecule has 1 aliphatic rings. The van der Waals surface area contributed by atoms with Crippen molar-refractivity contribution in [1.29, 1.82) is 0 Å². The van der Waals surface area contributed by atoms with E-state index in [9.17, 15) is 4.57 Å². The van der Waals surface area contributed by atoms with Crippen molar-refractivity contribution in [3.05, 3.63) is 84.5 Å². The van der Waals surface area contributed by atoms with Crippen LogP contribution in [0.4, 0.5) is 0 Å². The van der Waals surface area contributed by atoms with E-state index in [1.54, 1.807) is 0 Å². The van der Waals surface area contributed by atoms with Gasteiger partial charge in [0.15, 0.2) is 0 Å². The van der Waals surface area contributed by atoms with Crippen molar-refractivity contribution in [2.24, 2.45) is 11.8 Å². The highest BCUT2D eigenvalue weighted by molar-refractivity contribution is 7.78. The molecule has 0 amide bonds. The van der Waals surface area contributed by atoms with E-state index in [2.05, 4.69) is 26.5 Å². The Balaban J connectivity index is 1.98. The highest BCUT2D eigenvalue weighted by Crippen LogP contribution is 2.45. The third kappa shape index (κ3) is 3.88. The maximum atomic E-state index is 14.1. The standard InChI is InChI=1S/C23H27OP/c1-18-16-19(2)20(3)21(17-18)14-15-25(24,22-10-6-4-7-11-22)23-12-8-5-9-13-23/h4-14,18-19H,3,15-17H2,1-2H3/b21-14+. The van der Waals surface area contributed by atoms with E-state index in [0.717, 1.165) is 17.0 Å². The molecule has 1 fully saturated rings. The topological polar surface area (TPSA) is 17.1 Å². The molecule has 3 rings (SSSR count). The lowest BCUT2D eigenvalue weighted by Crippen LogP contribution is -2.19. The van der Waals surface area contributed by atoms with Crippen LogP contribution in [0.15, 0.2) is 84.5 Å². The number of hydrogen-bond donors (Lipinski definition) is 0. The van der Waals surface area contributed by atoms with E-state index in [1.807, 2.05) is 60.7 Å². The van der Waals surface area contributed by atoms with Crippen LogP contribution in [0, 0.1) is 11.8 Å². The van der Waals surface area contributed by atoms with Crippen molar-refractivity contribution in [3.8, 4) is 0 Å². The minimum absolute atomic E-state index is 0.517. The summed E-state index contributed by atoms with van der Waals surface area (Å²) in [4.78, 5) is 0. The molecule has 0 aliphatic heterocycles. The van der Waals surface area contributed by atoms with Crippen LogP contribution in [0.5, 0.6) is 0 Å². The zero-order chi connectivity index (χ0) is 17.9. The van der Waals surface area contributed by atoms with Crippen LogP contribution in [-0.2, 0) is 4.57 Å². The van der Waals surface area contributed by atoms with Gasteiger partial charge in [0.05, 0.1) is 0 Å². The van der Waals surface area contributed by atoms with Gasteiger partial charge < -0.3 is 4.57 Å². The van der Waals surface area contributed by atoms with Gasteiger partial charge in [-0.2, -0.15) is 0 Å². The predicted octanol–water partition coefficient (Wildman–Crippen LogP) is 5.55. The van der Waals surface area contributed by atoms with Gasteiger partial charge in [0.1, 0.15) is 7.14 Å². The van der Waals surface area contributed by atoms with E-state index >= 15 is 0 Å². The number of rotatable bonds is 4. The molecule has 1 saturated carbocycles. The van der Waals surface area contributed by atoms with Gasteiger partial charge in [-0.05, 0) is 35.8 Å². The highest BCUT2D eigenvalue weighted by Gasteiger charge is 2.28. The van der Waals surface area contributed by atoms with Crippen LogP contribution >= 0.6 is 7.14 Å². The molecule has 2 heteroatoms.